The average Bonchev–Trinajstić information content (AvgIpc) is 3.48. The number of sulfonamides is 1. The lowest BCUT2D eigenvalue weighted by Gasteiger charge is -2.12. The largest absolute Gasteiger partial charge is 0.456 e. The second kappa shape index (κ2) is 8.87. The number of aromatic nitrogens is 1. The third kappa shape index (κ3) is 5.33. The van der Waals surface area contributed by atoms with E-state index < -0.39 is 56.6 Å². The third-order valence-electron chi connectivity index (χ3n) is 5.02. The van der Waals surface area contributed by atoms with Gasteiger partial charge in [-0.3, -0.25) is 9.59 Å². The molecule has 12 heteroatoms. The molecule has 0 amide bonds. The second-order valence-corrected chi connectivity index (χ2v) is 9.58. The summed E-state index contributed by atoms with van der Waals surface area (Å²) in [6, 6.07) is 3.89. The number of nitrogens with zero attached hydrogens (tertiary/aromatic N) is 1. The van der Waals surface area contributed by atoms with Crippen molar-refractivity contribution < 1.29 is 35.9 Å². The van der Waals surface area contributed by atoms with Gasteiger partial charge in [-0.1, -0.05) is 11.6 Å². The van der Waals surface area contributed by atoms with E-state index in [0.29, 0.717) is 23.7 Å². The maximum Gasteiger partial charge on any atom is 0.416 e. The number of ketones is 1. The molecule has 174 valence electrons. The van der Waals surface area contributed by atoms with Crippen molar-refractivity contribution in [3.63, 3.8) is 0 Å². The number of nitrogens with one attached hydrogen (secondary N) is 1. The topological polar surface area (TPSA) is 94.5 Å². The molecule has 0 spiro atoms. The summed E-state index contributed by atoms with van der Waals surface area (Å²) in [7, 11) is -4.54. The maximum atomic E-state index is 12.9. The summed E-state index contributed by atoms with van der Waals surface area (Å²) in [5.74, 6) is -1.51. The fourth-order valence-corrected chi connectivity index (χ4v) is 4.84. The van der Waals surface area contributed by atoms with Crippen molar-refractivity contribution in [3.8, 4) is 0 Å². The summed E-state index contributed by atoms with van der Waals surface area (Å²) in [5.41, 5.74) is 0.897. The number of esters is 1. The molecule has 3 rings (SSSR count). The number of hydrogen-bond acceptors (Lipinski definition) is 5. The zero-order chi connectivity index (χ0) is 23.8. The van der Waals surface area contributed by atoms with Gasteiger partial charge in [-0.25, -0.2) is 8.42 Å². The maximum absolute atomic E-state index is 12.9. The molecular formula is C20H20ClF3N2O5S. The van der Waals surface area contributed by atoms with Crippen molar-refractivity contribution in [1.29, 1.82) is 0 Å². The summed E-state index contributed by atoms with van der Waals surface area (Å²) in [6.45, 7) is 2.19. The Kier molecular flexibility index (Phi) is 6.73. The molecule has 0 radical (unpaired) electrons. The molecule has 32 heavy (non-hydrogen) atoms. The number of aryl methyl sites for hydroxylation is 1. The van der Waals surface area contributed by atoms with Crippen molar-refractivity contribution in [2.75, 3.05) is 13.2 Å². The lowest BCUT2D eigenvalue weighted by atomic mass is 10.1. The molecule has 0 saturated heterocycles. The Hall–Kier alpha value is -2.37. The highest BCUT2D eigenvalue weighted by molar-refractivity contribution is 7.89. The Bertz CT molecular complexity index is 1170. The molecule has 0 unspecified atom stereocenters. The van der Waals surface area contributed by atoms with E-state index in [-0.39, 0.29) is 0 Å². The summed E-state index contributed by atoms with van der Waals surface area (Å²) in [4.78, 5) is 23.5. The highest BCUT2D eigenvalue weighted by Crippen LogP contribution is 2.38. The first-order valence-electron chi connectivity index (χ1n) is 9.55. The Labute approximate surface area is 187 Å². The van der Waals surface area contributed by atoms with Crippen LogP contribution in [-0.2, 0) is 25.7 Å². The Balaban J connectivity index is 1.60. The first kappa shape index (κ1) is 24.3. The van der Waals surface area contributed by atoms with Crippen molar-refractivity contribution in [1.82, 2.24) is 9.29 Å². The van der Waals surface area contributed by atoms with Gasteiger partial charge in [-0.2, -0.15) is 17.9 Å². The molecule has 1 heterocycles. The van der Waals surface area contributed by atoms with Crippen molar-refractivity contribution >= 4 is 33.4 Å². The van der Waals surface area contributed by atoms with Crippen LogP contribution in [0.3, 0.4) is 0 Å². The summed E-state index contributed by atoms with van der Waals surface area (Å²) in [5, 5.41) is -0.444. The van der Waals surface area contributed by atoms with Crippen LogP contribution in [0.25, 0.3) is 0 Å². The standard InChI is InChI=1S/C20H20ClF3N2O5S/c1-11-7-15(12(2)26(11)14-4-5-14)17(27)10-31-19(28)9-25-32(29,30)18-8-13(20(22,23)24)3-6-16(18)21/h3,6-8,14,25H,4-5,9-10H2,1-2H3. The first-order valence-corrected chi connectivity index (χ1v) is 11.4. The molecule has 1 aromatic carbocycles. The van der Waals surface area contributed by atoms with Crippen molar-refractivity contribution in [3.05, 3.63) is 51.8 Å². The van der Waals surface area contributed by atoms with Crippen LogP contribution in [0.15, 0.2) is 29.2 Å². The molecule has 1 aliphatic carbocycles. The van der Waals surface area contributed by atoms with Gasteiger partial charge in [0.2, 0.25) is 15.8 Å². The van der Waals surface area contributed by atoms with Gasteiger partial charge in [0.25, 0.3) is 0 Å². The minimum atomic E-state index is -4.77. The van der Waals surface area contributed by atoms with Crippen LogP contribution in [0.4, 0.5) is 13.2 Å². The molecule has 7 nitrogen and oxygen atoms in total. The van der Waals surface area contributed by atoms with Crippen LogP contribution in [-0.4, -0.2) is 37.9 Å². The minimum absolute atomic E-state index is 0.370. The predicted octanol–water partition coefficient (Wildman–Crippen LogP) is 3.82. The number of alkyl halides is 3. The van der Waals surface area contributed by atoms with Crippen LogP contribution in [0.5, 0.6) is 0 Å². The summed E-state index contributed by atoms with van der Waals surface area (Å²) < 4.78 is 71.9. The third-order valence-corrected chi connectivity index (χ3v) is 6.90. The average molecular weight is 493 g/mol. The predicted molar refractivity (Wildman–Crippen MR) is 109 cm³/mol. The molecule has 1 aliphatic rings. The monoisotopic (exact) mass is 492 g/mol. The first-order chi connectivity index (χ1) is 14.8. The molecule has 1 N–H and O–H groups in total. The fourth-order valence-electron chi connectivity index (χ4n) is 3.35. The van der Waals surface area contributed by atoms with E-state index in [9.17, 15) is 31.2 Å². The minimum Gasteiger partial charge on any atom is -0.456 e. The van der Waals surface area contributed by atoms with E-state index in [2.05, 4.69) is 4.57 Å². The quantitative estimate of drug-likeness (QED) is 0.446. The number of ether oxygens (including phenoxy) is 1. The molecule has 1 fully saturated rings. The zero-order valence-electron chi connectivity index (χ0n) is 17.1. The normalized spacial score (nSPS) is 14.4. The number of carbonyl (C=O) groups excluding carboxylic acids is 2. The van der Waals surface area contributed by atoms with Gasteiger partial charge in [0, 0.05) is 23.0 Å². The van der Waals surface area contributed by atoms with Crippen molar-refractivity contribution in [2.24, 2.45) is 0 Å². The Morgan fingerprint density at radius 2 is 1.88 bits per heavy atom. The Morgan fingerprint density at radius 3 is 2.47 bits per heavy atom. The molecule has 0 bridgehead atoms. The highest BCUT2D eigenvalue weighted by atomic mass is 35.5. The molecular weight excluding hydrogens is 473 g/mol. The summed E-state index contributed by atoms with van der Waals surface area (Å²) in [6.07, 6.45) is -2.70. The summed E-state index contributed by atoms with van der Waals surface area (Å²) >= 11 is 5.72. The highest BCUT2D eigenvalue weighted by Gasteiger charge is 2.33. The molecule has 0 aliphatic heterocycles. The van der Waals surface area contributed by atoms with E-state index in [0.717, 1.165) is 30.3 Å². The van der Waals surface area contributed by atoms with Gasteiger partial charge >= 0.3 is 12.1 Å². The molecule has 1 aromatic heterocycles. The van der Waals surface area contributed by atoms with Gasteiger partial charge in [0.1, 0.15) is 11.4 Å². The van der Waals surface area contributed by atoms with Crippen LogP contribution < -0.4 is 4.72 Å². The lowest BCUT2D eigenvalue weighted by Crippen LogP contribution is -2.32. The smallest absolute Gasteiger partial charge is 0.416 e. The number of Topliss-reactive ketones (excluding diaryl/α,β-unsaturated/α-hetero) is 1. The number of benzene rings is 1. The number of hydrogen-bond donors (Lipinski definition) is 1. The second-order valence-electron chi connectivity index (χ2n) is 7.44. The van der Waals surface area contributed by atoms with Crippen molar-refractivity contribution in [2.45, 2.75) is 43.8 Å². The van der Waals surface area contributed by atoms with Gasteiger partial charge in [0.15, 0.2) is 6.61 Å². The van der Waals surface area contributed by atoms with Crippen LogP contribution >= 0.6 is 11.6 Å². The SMILES string of the molecule is Cc1cc(C(=O)COC(=O)CNS(=O)(=O)c2cc(C(F)(F)F)ccc2Cl)c(C)n1C1CC1. The number of rotatable bonds is 8. The van der Waals surface area contributed by atoms with Gasteiger partial charge < -0.3 is 9.30 Å². The Morgan fingerprint density at radius 1 is 1.22 bits per heavy atom. The fraction of sp³-hybridized carbons (Fsp3) is 0.400. The van der Waals surface area contributed by atoms with E-state index >= 15 is 0 Å². The van der Waals surface area contributed by atoms with Crippen LogP contribution in [0.1, 0.15) is 46.2 Å². The molecule has 1 saturated carbocycles. The van der Waals surface area contributed by atoms with Gasteiger partial charge in [-0.05, 0) is 51.0 Å². The zero-order valence-corrected chi connectivity index (χ0v) is 18.7. The van der Waals surface area contributed by atoms with E-state index in [4.69, 9.17) is 16.3 Å². The van der Waals surface area contributed by atoms with Crippen LogP contribution in [0.2, 0.25) is 5.02 Å². The number of halogens is 4. The van der Waals surface area contributed by atoms with Gasteiger partial charge in [-0.15, -0.1) is 0 Å². The molecule has 0 atom stereocenters. The number of carbonyl (C=O) groups is 2. The van der Waals surface area contributed by atoms with Gasteiger partial charge in [0.05, 0.1) is 10.6 Å². The van der Waals surface area contributed by atoms with Crippen LogP contribution in [0, 0.1) is 13.8 Å². The van der Waals surface area contributed by atoms with E-state index in [1.165, 1.54) is 0 Å². The van der Waals surface area contributed by atoms with E-state index in [1.807, 2.05) is 11.6 Å². The molecule has 2 aromatic rings. The lowest BCUT2D eigenvalue weighted by molar-refractivity contribution is -0.141. The van der Waals surface area contributed by atoms with E-state index in [1.54, 1.807) is 13.0 Å².